The monoisotopic (exact) mass is 700 g/mol. The van der Waals surface area contributed by atoms with Gasteiger partial charge in [-0.2, -0.15) is 0 Å². The van der Waals surface area contributed by atoms with Gasteiger partial charge in [0.05, 0.1) is 0 Å². The Morgan fingerprint density at radius 3 is 1.02 bits per heavy atom. The van der Waals surface area contributed by atoms with Crippen LogP contribution in [0.2, 0.25) is 3.34 Å². The zero-order chi connectivity index (χ0) is 30.0. The third-order valence-corrected chi connectivity index (χ3v) is 16.9. The van der Waals surface area contributed by atoms with Crippen molar-refractivity contribution in [3.63, 3.8) is 0 Å². The summed E-state index contributed by atoms with van der Waals surface area (Å²) in [5.41, 5.74) is 10.4. The second kappa shape index (κ2) is 16.7. The fourth-order valence-electron chi connectivity index (χ4n) is 7.02. The smallest absolute Gasteiger partial charge is 1.00 e. The van der Waals surface area contributed by atoms with Crippen LogP contribution >= 0.6 is 0 Å². The van der Waals surface area contributed by atoms with Gasteiger partial charge in [0.1, 0.15) is 0 Å². The van der Waals surface area contributed by atoms with Crippen LogP contribution in [0.5, 0.6) is 0 Å². The largest absolute Gasteiger partial charge is 1.00 e. The summed E-state index contributed by atoms with van der Waals surface area (Å²) >= 11 is 2.60. The minimum Gasteiger partial charge on any atom is -1.00 e. The quantitative estimate of drug-likeness (QED) is 0.195. The van der Waals surface area contributed by atoms with Crippen molar-refractivity contribution >= 4 is 23.6 Å². The van der Waals surface area contributed by atoms with Crippen LogP contribution in [0.1, 0.15) is 95.7 Å². The maximum Gasteiger partial charge on any atom is -1.00 e. The van der Waals surface area contributed by atoms with Gasteiger partial charge in [-0.15, -0.1) is 0 Å². The molecule has 0 N–H and O–H groups in total. The average Bonchev–Trinajstić information content (AvgIpc) is 3.39. The molecule has 1 atom stereocenters. The Labute approximate surface area is 300 Å². The normalized spacial score (nSPS) is 16.1. The van der Waals surface area contributed by atoms with Crippen LogP contribution in [-0.2, 0) is 59.0 Å². The summed E-state index contributed by atoms with van der Waals surface area (Å²) in [4.78, 5) is 0. The van der Waals surface area contributed by atoms with E-state index in [2.05, 4.69) is 156 Å². The Hall–Kier alpha value is -1.06. The SMILES string of the molecule is CCc1cc(CC)cc([Si](c2cc(CC)cc(CC)c2)(c2cc(CC)cc(CC)c2)[C]2([Ti+3])C=CC=C2C(C)(C)C)c1.[Cl-].[Cl-].[Cl-]. The minimum atomic E-state index is -2.73. The van der Waals surface area contributed by atoms with Gasteiger partial charge in [0.25, 0.3) is 0 Å². The maximum absolute atomic E-state index is 2.73. The number of rotatable bonds is 10. The summed E-state index contributed by atoms with van der Waals surface area (Å²) in [6.45, 7) is 21.2. The average molecular weight is 702 g/mol. The molecule has 44 heavy (non-hydrogen) atoms. The molecule has 0 saturated carbocycles. The second-order valence-corrected chi connectivity index (χ2v) is 19.0. The predicted molar refractivity (Wildman–Crippen MR) is 180 cm³/mol. The Morgan fingerprint density at radius 2 is 0.795 bits per heavy atom. The van der Waals surface area contributed by atoms with Crippen molar-refractivity contribution < 1.29 is 57.7 Å². The van der Waals surface area contributed by atoms with Crippen LogP contribution in [0.25, 0.3) is 0 Å². The Morgan fingerprint density at radius 1 is 0.523 bits per heavy atom. The van der Waals surface area contributed by atoms with E-state index in [0.717, 1.165) is 38.5 Å². The molecule has 3 aromatic carbocycles. The number of aryl methyl sites for hydroxylation is 6. The van der Waals surface area contributed by atoms with Gasteiger partial charge in [-0.25, -0.2) is 0 Å². The molecule has 0 nitrogen and oxygen atoms in total. The number of allylic oxidation sites excluding steroid dienone is 4. The van der Waals surface area contributed by atoms with E-state index < -0.39 is 8.07 Å². The summed E-state index contributed by atoms with van der Waals surface area (Å²) in [6.07, 6.45) is 13.8. The van der Waals surface area contributed by atoms with Crippen molar-refractivity contribution in [2.45, 2.75) is 104 Å². The summed E-state index contributed by atoms with van der Waals surface area (Å²) in [5.74, 6) is 0. The van der Waals surface area contributed by atoms with Crippen molar-refractivity contribution in [3.8, 4) is 0 Å². The van der Waals surface area contributed by atoms with Crippen LogP contribution in [0.3, 0.4) is 0 Å². The van der Waals surface area contributed by atoms with Crippen LogP contribution in [0, 0.1) is 5.41 Å². The van der Waals surface area contributed by atoms with Crippen molar-refractivity contribution in [1.29, 1.82) is 0 Å². The van der Waals surface area contributed by atoms with E-state index in [1.165, 1.54) is 33.4 Å². The predicted octanol–water partition coefficient (Wildman–Crippen LogP) is -0.670. The van der Waals surface area contributed by atoms with Gasteiger partial charge in [0, 0.05) is 0 Å². The van der Waals surface area contributed by atoms with E-state index in [1.807, 2.05) is 0 Å². The van der Waals surface area contributed by atoms with Crippen molar-refractivity contribution in [2.75, 3.05) is 0 Å². The van der Waals surface area contributed by atoms with Gasteiger partial charge in [-0.05, 0) is 0 Å². The summed E-state index contributed by atoms with van der Waals surface area (Å²) < 4.78 is -0.114. The first-order chi connectivity index (χ1) is 19.5. The van der Waals surface area contributed by atoms with E-state index in [-0.39, 0.29) is 46.0 Å². The molecule has 4 rings (SSSR count). The zero-order valence-corrected chi connectivity index (χ0v) is 33.1. The first-order valence-electron chi connectivity index (χ1n) is 16.1. The molecular weight excluding hydrogens is 651 g/mol. The first-order valence-corrected chi connectivity index (χ1v) is 18.8. The van der Waals surface area contributed by atoms with Crippen molar-refractivity contribution in [1.82, 2.24) is 0 Å². The summed E-state index contributed by atoms with van der Waals surface area (Å²) in [7, 11) is -2.73. The zero-order valence-electron chi connectivity index (χ0n) is 28.3. The molecular formula is C39H51Cl3SiTi. The van der Waals surface area contributed by atoms with Crippen LogP contribution in [0.4, 0.5) is 0 Å². The number of hydrogen-bond donors (Lipinski definition) is 0. The van der Waals surface area contributed by atoms with Gasteiger partial charge in [0.15, 0.2) is 0 Å². The second-order valence-electron chi connectivity index (χ2n) is 13.0. The molecule has 1 aliphatic rings. The molecule has 1 aliphatic carbocycles. The molecule has 0 heterocycles. The van der Waals surface area contributed by atoms with Crippen molar-refractivity contribution in [3.05, 3.63) is 112 Å². The van der Waals surface area contributed by atoms with Crippen molar-refractivity contribution in [2.24, 2.45) is 5.41 Å². The molecule has 0 aromatic heterocycles. The molecule has 0 saturated heterocycles. The Kier molecular flexibility index (Phi) is 15.5. The van der Waals surface area contributed by atoms with E-state index in [4.69, 9.17) is 0 Å². The third-order valence-electron chi connectivity index (χ3n) is 9.34. The first kappa shape index (κ1) is 41.0. The Bertz CT molecular complexity index is 1270. The van der Waals surface area contributed by atoms with Gasteiger partial charge >= 0.3 is 265 Å². The molecule has 236 valence electrons. The number of benzene rings is 3. The van der Waals surface area contributed by atoms with E-state index in [1.54, 1.807) is 21.1 Å². The standard InChI is InChI=1S/C39H51Si.3ClH.Ti/c1-10-28-19-29(11-2)23-34(22-28)40(38-18-16-17-37(38)39(7,8)9,35-24-30(12-3)20-31(13-4)25-35)36-26-32(14-5)21-33(15-6)27-36;;;;/h16-27H,10-15H2,1-9H3;3*1H;/q;;;;+3/p-3. The van der Waals surface area contributed by atoms with E-state index in [0.29, 0.717) is 0 Å². The maximum atomic E-state index is 2.61. The molecule has 0 radical (unpaired) electrons. The van der Waals surface area contributed by atoms with Crippen LogP contribution in [-0.4, -0.2) is 8.07 Å². The van der Waals surface area contributed by atoms with Gasteiger partial charge < -0.3 is 37.2 Å². The molecule has 0 spiro atoms. The van der Waals surface area contributed by atoms with E-state index >= 15 is 0 Å². The molecule has 3 aromatic rings. The van der Waals surface area contributed by atoms with Gasteiger partial charge in [-0.3, -0.25) is 0 Å². The van der Waals surface area contributed by atoms with Gasteiger partial charge in [0.2, 0.25) is 0 Å². The summed E-state index contributed by atoms with van der Waals surface area (Å²) in [5, 5.41) is 4.72. The molecule has 0 bridgehead atoms. The molecule has 0 amide bonds. The fourth-order valence-corrected chi connectivity index (χ4v) is 15.9. The fraction of sp³-hybridized carbons (Fsp3) is 0.436. The Balaban J connectivity index is 0.00000323. The molecule has 0 fully saturated rings. The molecule has 0 aliphatic heterocycles. The van der Waals surface area contributed by atoms with Crippen LogP contribution < -0.4 is 52.8 Å². The molecule has 5 heteroatoms. The number of hydrogen-bond acceptors (Lipinski definition) is 0. The topological polar surface area (TPSA) is 0 Å². The van der Waals surface area contributed by atoms with E-state index in [9.17, 15) is 0 Å². The van der Waals surface area contributed by atoms with Gasteiger partial charge in [-0.1, -0.05) is 0 Å². The number of halogens is 3. The third kappa shape index (κ3) is 7.56. The minimum absolute atomic E-state index is 0. The summed E-state index contributed by atoms with van der Waals surface area (Å²) in [6, 6.07) is 23.0. The molecule has 1 unspecified atom stereocenters. The van der Waals surface area contributed by atoms with Crippen LogP contribution in [0.15, 0.2) is 78.4 Å².